The minimum atomic E-state index is 0. The van der Waals surface area contributed by atoms with Crippen molar-refractivity contribution in [1.82, 2.24) is 5.32 Å². The molecule has 1 aromatic rings. The minimum absolute atomic E-state index is 0. The highest BCUT2D eigenvalue weighted by atomic mass is 35.5. The second-order valence-electron chi connectivity index (χ2n) is 3.76. The van der Waals surface area contributed by atoms with E-state index >= 15 is 0 Å². The molecule has 1 fully saturated rings. The molecule has 1 aromatic carbocycles. The SMILES string of the molecule is COc1ccc(SC2CCCNC2)cc1.Cl. The summed E-state index contributed by atoms with van der Waals surface area (Å²) in [4.78, 5) is 1.34. The second-order valence-corrected chi connectivity index (χ2v) is 5.14. The molecule has 0 aliphatic carbocycles. The number of rotatable bonds is 3. The van der Waals surface area contributed by atoms with Gasteiger partial charge in [-0.3, -0.25) is 0 Å². The Balaban J connectivity index is 0.00000128. The van der Waals surface area contributed by atoms with Gasteiger partial charge in [0, 0.05) is 16.7 Å². The van der Waals surface area contributed by atoms with Gasteiger partial charge in [-0.05, 0) is 43.7 Å². The van der Waals surface area contributed by atoms with Crippen LogP contribution in [0.2, 0.25) is 0 Å². The number of hydrogen-bond donors (Lipinski definition) is 1. The molecule has 1 heterocycles. The first-order valence-corrected chi connectivity index (χ1v) is 6.28. The normalized spacial score (nSPS) is 19.9. The Hall–Kier alpha value is -0.380. The van der Waals surface area contributed by atoms with Crippen LogP contribution in [-0.2, 0) is 0 Å². The maximum Gasteiger partial charge on any atom is 0.118 e. The van der Waals surface area contributed by atoms with E-state index in [4.69, 9.17) is 4.74 Å². The van der Waals surface area contributed by atoms with Crippen molar-refractivity contribution in [2.75, 3.05) is 20.2 Å². The Morgan fingerprint density at radius 3 is 2.62 bits per heavy atom. The van der Waals surface area contributed by atoms with Crippen LogP contribution >= 0.6 is 24.2 Å². The molecule has 0 bridgehead atoms. The Morgan fingerprint density at radius 1 is 1.31 bits per heavy atom. The van der Waals surface area contributed by atoms with E-state index in [1.807, 2.05) is 23.9 Å². The molecule has 0 radical (unpaired) electrons. The molecule has 1 aliphatic rings. The predicted octanol–water partition coefficient (Wildman–Crippen LogP) is 2.96. The fourth-order valence-corrected chi connectivity index (χ4v) is 2.93. The first kappa shape index (κ1) is 13.7. The third-order valence-corrected chi connectivity index (χ3v) is 3.89. The molecule has 0 aromatic heterocycles. The highest BCUT2D eigenvalue weighted by Gasteiger charge is 2.13. The molecule has 16 heavy (non-hydrogen) atoms. The molecule has 1 atom stereocenters. The van der Waals surface area contributed by atoms with Crippen LogP contribution in [0, 0.1) is 0 Å². The summed E-state index contributed by atoms with van der Waals surface area (Å²) in [6.45, 7) is 2.32. The molecule has 0 saturated carbocycles. The highest BCUT2D eigenvalue weighted by Crippen LogP contribution is 2.28. The molecule has 0 amide bonds. The van der Waals surface area contributed by atoms with E-state index in [0.29, 0.717) is 0 Å². The predicted molar refractivity (Wildman–Crippen MR) is 72.0 cm³/mol. The number of ether oxygens (including phenoxy) is 1. The monoisotopic (exact) mass is 259 g/mol. The van der Waals surface area contributed by atoms with Crippen molar-refractivity contribution < 1.29 is 4.74 Å². The lowest BCUT2D eigenvalue weighted by Gasteiger charge is -2.22. The number of methoxy groups -OCH3 is 1. The fourth-order valence-electron chi connectivity index (χ4n) is 1.77. The fraction of sp³-hybridized carbons (Fsp3) is 0.500. The van der Waals surface area contributed by atoms with Gasteiger partial charge in [0.25, 0.3) is 0 Å². The van der Waals surface area contributed by atoms with Crippen LogP contribution in [-0.4, -0.2) is 25.4 Å². The summed E-state index contributed by atoms with van der Waals surface area (Å²) in [7, 11) is 1.70. The summed E-state index contributed by atoms with van der Waals surface area (Å²) in [5.74, 6) is 0.932. The van der Waals surface area contributed by atoms with Crippen molar-refractivity contribution in [3.8, 4) is 5.75 Å². The van der Waals surface area contributed by atoms with Crippen molar-refractivity contribution in [2.45, 2.75) is 23.0 Å². The van der Waals surface area contributed by atoms with Crippen molar-refractivity contribution in [2.24, 2.45) is 0 Å². The maximum absolute atomic E-state index is 5.14. The topological polar surface area (TPSA) is 21.3 Å². The zero-order valence-corrected chi connectivity index (χ0v) is 11.1. The standard InChI is InChI=1S/C12H17NOS.ClH/c1-14-10-4-6-11(7-5-10)15-12-3-2-8-13-9-12;/h4-7,12-13H,2-3,8-9H2,1H3;1H. The molecule has 1 saturated heterocycles. The van der Waals surface area contributed by atoms with Crippen molar-refractivity contribution in [3.05, 3.63) is 24.3 Å². The van der Waals surface area contributed by atoms with Crippen LogP contribution in [0.4, 0.5) is 0 Å². The van der Waals surface area contributed by atoms with Crippen LogP contribution in [0.1, 0.15) is 12.8 Å². The summed E-state index contributed by atoms with van der Waals surface area (Å²) in [5, 5.41) is 4.16. The van der Waals surface area contributed by atoms with Crippen LogP contribution in [0.5, 0.6) is 5.75 Å². The third kappa shape index (κ3) is 3.89. The van der Waals surface area contributed by atoms with Gasteiger partial charge in [0.05, 0.1) is 7.11 Å². The number of thioether (sulfide) groups is 1. The van der Waals surface area contributed by atoms with Crippen molar-refractivity contribution in [3.63, 3.8) is 0 Å². The number of halogens is 1. The average molecular weight is 260 g/mol. The molecule has 1 N–H and O–H groups in total. The van der Waals surface area contributed by atoms with Gasteiger partial charge in [-0.25, -0.2) is 0 Å². The van der Waals surface area contributed by atoms with Crippen LogP contribution in [0.3, 0.4) is 0 Å². The van der Waals surface area contributed by atoms with Gasteiger partial charge in [0.15, 0.2) is 0 Å². The van der Waals surface area contributed by atoms with Crippen LogP contribution < -0.4 is 10.1 Å². The first-order chi connectivity index (χ1) is 7.38. The van der Waals surface area contributed by atoms with Gasteiger partial charge in [-0.2, -0.15) is 0 Å². The maximum atomic E-state index is 5.14. The molecule has 2 nitrogen and oxygen atoms in total. The van der Waals surface area contributed by atoms with E-state index in [1.165, 1.54) is 24.3 Å². The molecular weight excluding hydrogens is 242 g/mol. The molecule has 1 aliphatic heterocycles. The Morgan fingerprint density at radius 2 is 2.06 bits per heavy atom. The molecular formula is C12H18ClNOS. The van der Waals surface area contributed by atoms with Gasteiger partial charge < -0.3 is 10.1 Å². The van der Waals surface area contributed by atoms with Gasteiger partial charge in [0.1, 0.15) is 5.75 Å². The molecule has 0 spiro atoms. The van der Waals surface area contributed by atoms with E-state index in [1.54, 1.807) is 7.11 Å². The van der Waals surface area contributed by atoms with Crippen LogP contribution in [0.15, 0.2) is 29.2 Å². The largest absolute Gasteiger partial charge is 0.497 e. The summed E-state index contributed by atoms with van der Waals surface area (Å²) >= 11 is 1.97. The van der Waals surface area contributed by atoms with Gasteiger partial charge in [-0.1, -0.05) is 0 Å². The summed E-state index contributed by atoms with van der Waals surface area (Å²) in [6.07, 6.45) is 2.62. The lowest BCUT2D eigenvalue weighted by Crippen LogP contribution is -2.31. The lowest BCUT2D eigenvalue weighted by atomic mass is 10.2. The third-order valence-electron chi connectivity index (χ3n) is 2.61. The number of hydrogen-bond acceptors (Lipinski definition) is 3. The average Bonchev–Trinajstić information content (AvgIpc) is 2.31. The van der Waals surface area contributed by atoms with Gasteiger partial charge in [0.2, 0.25) is 0 Å². The smallest absolute Gasteiger partial charge is 0.118 e. The van der Waals surface area contributed by atoms with Gasteiger partial charge in [-0.15, -0.1) is 24.2 Å². The Kier molecular flexibility index (Phi) is 6.03. The van der Waals surface area contributed by atoms with Crippen molar-refractivity contribution in [1.29, 1.82) is 0 Å². The van der Waals surface area contributed by atoms with E-state index in [-0.39, 0.29) is 12.4 Å². The first-order valence-electron chi connectivity index (χ1n) is 5.40. The van der Waals surface area contributed by atoms with E-state index in [0.717, 1.165) is 17.5 Å². The van der Waals surface area contributed by atoms with Crippen LogP contribution in [0.25, 0.3) is 0 Å². The molecule has 1 unspecified atom stereocenters. The highest BCUT2D eigenvalue weighted by molar-refractivity contribution is 8.00. The number of benzene rings is 1. The summed E-state index contributed by atoms with van der Waals surface area (Å²) in [5.41, 5.74) is 0. The molecule has 4 heteroatoms. The van der Waals surface area contributed by atoms with E-state index < -0.39 is 0 Å². The van der Waals surface area contributed by atoms with Crippen molar-refractivity contribution >= 4 is 24.2 Å². The van der Waals surface area contributed by atoms with E-state index in [9.17, 15) is 0 Å². The van der Waals surface area contributed by atoms with Gasteiger partial charge >= 0.3 is 0 Å². The molecule has 90 valence electrons. The molecule has 2 rings (SSSR count). The number of nitrogens with one attached hydrogen (secondary N) is 1. The summed E-state index contributed by atoms with van der Waals surface area (Å²) in [6, 6.07) is 8.33. The summed E-state index contributed by atoms with van der Waals surface area (Å²) < 4.78 is 5.14. The Labute approximate surface area is 108 Å². The number of piperidine rings is 1. The second kappa shape index (κ2) is 7.05. The minimum Gasteiger partial charge on any atom is -0.497 e. The quantitative estimate of drug-likeness (QED) is 0.902. The lowest BCUT2D eigenvalue weighted by molar-refractivity contribution is 0.414. The zero-order chi connectivity index (χ0) is 10.5. The van der Waals surface area contributed by atoms with E-state index in [2.05, 4.69) is 17.4 Å². The zero-order valence-electron chi connectivity index (χ0n) is 9.44. The Bertz CT molecular complexity index is 298.